The summed E-state index contributed by atoms with van der Waals surface area (Å²) in [6.45, 7) is 2.83. The molecule has 0 atom stereocenters. The van der Waals surface area contributed by atoms with Gasteiger partial charge in [0, 0.05) is 35.4 Å². The number of ether oxygens (including phenoxy) is 1. The Hall–Kier alpha value is -2.56. The van der Waals surface area contributed by atoms with E-state index in [0.29, 0.717) is 30.5 Å². The van der Waals surface area contributed by atoms with Gasteiger partial charge in [0.05, 0.1) is 13.2 Å². The van der Waals surface area contributed by atoms with E-state index in [1.807, 2.05) is 24.3 Å². The standard InChI is InChI=1S/C18H16BrN3O3/c19-14-1-3-15(4-2-14)21-18(23)13(12-20)11-16-5-6-17(25-16)22-7-9-24-10-8-22/h1-6,11H,7-10H2,(H,21,23)/b13-11-. The monoisotopic (exact) mass is 401 g/mol. The molecule has 1 aliphatic rings. The number of halogens is 1. The maximum absolute atomic E-state index is 12.3. The van der Waals surface area contributed by atoms with E-state index in [9.17, 15) is 10.1 Å². The Labute approximate surface area is 153 Å². The molecule has 1 saturated heterocycles. The molecule has 1 aromatic heterocycles. The average Bonchev–Trinajstić information content (AvgIpc) is 3.11. The summed E-state index contributed by atoms with van der Waals surface area (Å²) in [5.74, 6) is 0.693. The third kappa shape index (κ3) is 4.50. The molecule has 0 unspecified atom stereocenters. The second kappa shape index (κ2) is 8.01. The highest BCUT2D eigenvalue weighted by atomic mass is 79.9. The van der Waals surface area contributed by atoms with Gasteiger partial charge in [0.15, 0.2) is 5.88 Å². The summed E-state index contributed by atoms with van der Waals surface area (Å²) in [4.78, 5) is 14.3. The molecule has 1 aromatic carbocycles. The summed E-state index contributed by atoms with van der Waals surface area (Å²) in [5.41, 5.74) is 0.591. The minimum absolute atomic E-state index is 0.0224. The molecule has 6 nitrogen and oxygen atoms in total. The van der Waals surface area contributed by atoms with Gasteiger partial charge in [-0.2, -0.15) is 5.26 Å². The average molecular weight is 402 g/mol. The molecule has 1 amide bonds. The number of nitrogens with zero attached hydrogens (tertiary/aromatic N) is 2. The summed E-state index contributed by atoms with van der Waals surface area (Å²) in [6.07, 6.45) is 1.44. The molecule has 128 valence electrons. The van der Waals surface area contributed by atoms with Crippen LogP contribution < -0.4 is 10.2 Å². The Morgan fingerprint density at radius 2 is 1.92 bits per heavy atom. The van der Waals surface area contributed by atoms with Crippen molar-refractivity contribution in [3.8, 4) is 6.07 Å². The molecule has 2 heterocycles. The third-order valence-corrected chi connectivity index (χ3v) is 4.22. The first kappa shape index (κ1) is 17.3. The number of rotatable bonds is 4. The minimum atomic E-state index is -0.478. The summed E-state index contributed by atoms with van der Waals surface area (Å²) in [7, 11) is 0. The Kier molecular flexibility index (Phi) is 5.53. The van der Waals surface area contributed by atoms with Crippen LogP contribution in [0.15, 0.2) is 50.9 Å². The maximum Gasteiger partial charge on any atom is 0.266 e. The van der Waals surface area contributed by atoms with Crippen molar-refractivity contribution in [3.05, 3.63) is 52.2 Å². The third-order valence-electron chi connectivity index (χ3n) is 3.69. The van der Waals surface area contributed by atoms with Gasteiger partial charge < -0.3 is 19.4 Å². The fourth-order valence-corrected chi connectivity index (χ4v) is 2.66. The van der Waals surface area contributed by atoms with Gasteiger partial charge in [-0.25, -0.2) is 0 Å². The van der Waals surface area contributed by atoms with E-state index in [1.54, 1.807) is 18.2 Å². The Morgan fingerprint density at radius 1 is 1.20 bits per heavy atom. The number of carbonyl (C=O) groups is 1. The second-order valence-electron chi connectivity index (χ2n) is 5.41. The van der Waals surface area contributed by atoms with Crippen LogP contribution >= 0.6 is 15.9 Å². The van der Waals surface area contributed by atoms with Crippen LogP contribution in [0.4, 0.5) is 11.6 Å². The second-order valence-corrected chi connectivity index (χ2v) is 6.32. The SMILES string of the molecule is N#C/C(=C/c1ccc(N2CCOCC2)o1)C(=O)Nc1ccc(Br)cc1. The Bertz CT molecular complexity index is 815. The van der Waals surface area contributed by atoms with E-state index in [4.69, 9.17) is 9.15 Å². The first-order valence-electron chi connectivity index (χ1n) is 7.77. The van der Waals surface area contributed by atoms with Crippen molar-refractivity contribution in [2.75, 3.05) is 36.5 Å². The molecule has 1 N–H and O–H groups in total. The first-order chi connectivity index (χ1) is 12.2. The molecule has 0 saturated carbocycles. The number of hydrogen-bond acceptors (Lipinski definition) is 5. The lowest BCUT2D eigenvalue weighted by Crippen LogP contribution is -2.35. The fourth-order valence-electron chi connectivity index (χ4n) is 2.40. The zero-order valence-corrected chi connectivity index (χ0v) is 15.0. The van der Waals surface area contributed by atoms with Gasteiger partial charge in [-0.15, -0.1) is 0 Å². The molecular weight excluding hydrogens is 386 g/mol. The lowest BCUT2D eigenvalue weighted by molar-refractivity contribution is -0.112. The number of amides is 1. The highest BCUT2D eigenvalue weighted by Crippen LogP contribution is 2.22. The van der Waals surface area contributed by atoms with Crippen LogP contribution in [0.2, 0.25) is 0 Å². The zero-order chi connectivity index (χ0) is 17.6. The summed E-state index contributed by atoms with van der Waals surface area (Å²) in [6, 6.07) is 12.6. The number of anilines is 2. The largest absolute Gasteiger partial charge is 0.441 e. The topological polar surface area (TPSA) is 78.5 Å². The molecule has 1 fully saturated rings. The highest BCUT2D eigenvalue weighted by molar-refractivity contribution is 9.10. The molecule has 0 spiro atoms. The van der Waals surface area contributed by atoms with Crippen molar-refractivity contribution in [2.24, 2.45) is 0 Å². The molecule has 3 rings (SSSR count). The van der Waals surface area contributed by atoms with Crippen LogP contribution in [0.1, 0.15) is 5.76 Å². The predicted octanol–water partition coefficient (Wildman–Crippen LogP) is 3.42. The van der Waals surface area contributed by atoms with Crippen molar-refractivity contribution in [1.82, 2.24) is 0 Å². The van der Waals surface area contributed by atoms with E-state index in [1.165, 1.54) is 6.08 Å². The summed E-state index contributed by atoms with van der Waals surface area (Å²) in [5, 5.41) is 12.0. The molecule has 25 heavy (non-hydrogen) atoms. The quantitative estimate of drug-likeness (QED) is 0.626. The molecule has 2 aromatic rings. The lowest BCUT2D eigenvalue weighted by atomic mass is 10.2. The number of furan rings is 1. The van der Waals surface area contributed by atoms with Crippen LogP contribution in [0.5, 0.6) is 0 Å². The molecular formula is C18H16BrN3O3. The summed E-state index contributed by atoms with van der Waals surface area (Å²) >= 11 is 3.33. The highest BCUT2D eigenvalue weighted by Gasteiger charge is 2.15. The van der Waals surface area contributed by atoms with Gasteiger partial charge in [-0.05, 0) is 30.3 Å². The van der Waals surface area contributed by atoms with E-state index in [2.05, 4.69) is 26.1 Å². The molecule has 7 heteroatoms. The van der Waals surface area contributed by atoms with Crippen LogP contribution in [0, 0.1) is 11.3 Å². The van der Waals surface area contributed by atoms with E-state index in [0.717, 1.165) is 17.6 Å². The Morgan fingerprint density at radius 3 is 2.60 bits per heavy atom. The van der Waals surface area contributed by atoms with Crippen molar-refractivity contribution in [2.45, 2.75) is 0 Å². The van der Waals surface area contributed by atoms with Gasteiger partial charge in [0.1, 0.15) is 17.4 Å². The maximum atomic E-state index is 12.3. The number of nitriles is 1. The van der Waals surface area contributed by atoms with Gasteiger partial charge in [-0.3, -0.25) is 4.79 Å². The molecule has 1 aliphatic heterocycles. The minimum Gasteiger partial charge on any atom is -0.441 e. The van der Waals surface area contributed by atoms with E-state index >= 15 is 0 Å². The van der Waals surface area contributed by atoms with Gasteiger partial charge in [-0.1, -0.05) is 15.9 Å². The van der Waals surface area contributed by atoms with E-state index in [-0.39, 0.29) is 5.57 Å². The van der Waals surface area contributed by atoms with Crippen molar-refractivity contribution in [1.29, 1.82) is 5.26 Å². The van der Waals surface area contributed by atoms with E-state index < -0.39 is 5.91 Å². The molecule has 0 aliphatic carbocycles. The van der Waals surface area contributed by atoms with Crippen LogP contribution in [-0.4, -0.2) is 32.2 Å². The zero-order valence-electron chi connectivity index (χ0n) is 13.4. The van der Waals surface area contributed by atoms with Crippen LogP contribution in [-0.2, 0) is 9.53 Å². The smallest absolute Gasteiger partial charge is 0.266 e. The molecule has 0 bridgehead atoms. The predicted molar refractivity (Wildman–Crippen MR) is 98.1 cm³/mol. The van der Waals surface area contributed by atoms with Crippen molar-refractivity contribution >= 4 is 39.5 Å². The fraction of sp³-hybridized carbons (Fsp3) is 0.222. The number of nitrogens with one attached hydrogen (secondary N) is 1. The van der Waals surface area contributed by atoms with Gasteiger partial charge >= 0.3 is 0 Å². The molecule has 0 radical (unpaired) electrons. The number of hydrogen-bond donors (Lipinski definition) is 1. The lowest BCUT2D eigenvalue weighted by Gasteiger charge is -2.26. The summed E-state index contributed by atoms with van der Waals surface area (Å²) < 4.78 is 11.9. The van der Waals surface area contributed by atoms with Gasteiger partial charge in [0.25, 0.3) is 5.91 Å². The Balaban J connectivity index is 1.71. The van der Waals surface area contributed by atoms with Crippen molar-refractivity contribution in [3.63, 3.8) is 0 Å². The normalized spacial score (nSPS) is 14.9. The van der Waals surface area contributed by atoms with Crippen molar-refractivity contribution < 1.29 is 13.9 Å². The number of carbonyl (C=O) groups excluding carboxylic acids is 1. The van der Waals surface area contributed by atoms with Crippen LogP contribution in [0.3, 0.4) is 0 Å². The number of benzene rings is 1. The van der Waals surface area contributed by atoms with Gasteiger partial charge in [0.2, 0.25) is 0 Å². The number of morpholine rings is 1. The van der Waals surface area contributed by atoms with Crippen LogP contribution in [0.25, 0.3) is 6.08 Å². The first-order valence-corrected chi connectivity index (χ1v) is 8.56.